The second-order valence-corrected chi connectivity index (χ2v) is 10.9. The maximum absolute atomic E-state index is 14.6. The molecule has 1 spiro atoms. The third kappa shape index (κ3) is 4.53. The summed E-state index contributed by atoms with van der Waals surface area (Å²) in [4.78, 5) is 45.2. The van der Waals surface area contributed by atoms with Gasteiger partial charge in [0.2, 0.25) is 5.91 Å². The van der Waals surface area contributed by atoms with E-state index in [0.29, 0.717) is 31.4 Å². The molecule has 5 rings (SSSR count). The van der Waals surface area contributed by atoms with E-state index in [1.165, 1.54) is 4.90 Å². The Bertz CT molecular complexity index is 1310. The molecule has 2 aromatic rings. The van der Waals surface area contributed by atoms with Crippen LogP contribution < -0.4 is 4.90 Å². The van der Waals surface area contributed by atoms with Gasteiger partial charge in [-0.2, -0.15) is 0 Å². The van der Waals surface area contributed by atoms with Gasteiger partial charge in [0, 0.05) is 12.2 Å². The standard InChI is InChI=1S/C32H38N2O6/c1-4-7-10-18-39-31(38)26-25-15-16-32(40-25)27(26)29(36)34(23(6-3)20-35)28(32)30(37)33(17-5-2)24-14-13-21-11-8-9-12-22(21)19-24/h4-5,8-9,11-14,19,23,25-28,35H,1-2,6-7,10,15-18,20H2,3H3/t23-,25-,26+,27-,28?,32?/m0/s1. The van der Waals surface area contributed by atoms with Crippen molar-refractivity contribution in [3.63, 3.8) is 0 Å². The lowest BCUT2D eigenvalue weighted by atomic mass is 9.70. The Morgan fingerprint density at radius 2 is 2.00 bits per heavy atom. The number of esters is 1. The SMILES string of the molecule is C=CCCCOC(=O)[C@@H]1[C@@H]2CCC3(O2)C(C(=O)N(CC=C)c2ccc4ccccc4c2)N([C@@H](CC)CO)C(=O)[C@H]13. The molecule has 0 aliphatic carbocycles. The van der Waals surface area contributed by atoms with Crippen LogP contribution in [-0.2, 0) is 23.9 Å². The largest absolute Gasteiger partial charge is 0.465 e. The van der Waals surface area contributed by atoms with Crippen molar-refractivity contribution in [2.75, 3.05) is 24.7 Å². The van der Waals surface area contributed by atoms with Crippen molar-refractivity contribution in [2.45, 2.75) is 62.8 Å². The van der Waals surface area contributed by atoms with E-state index in [1.54, 1.807) is 17.1 Å². The summed E-state index contributed by atoms with van der Waals surface area (Å²) in [6.07, 6.45) is 5.79. The molecule has 3 aliphatic heterocycles. The molecule has 2 bridgehead atoms. The van der Waals surface area contributed by atoms with Crippen molar-refractivity contribution in [3.8, 4) is 0 Å². The normalized spacial score (nSPS) is 27.4. The highest BCUT2D eigenvalue weighted by molar-refractivity contribution is 6.05. The van der Waals surface area contributed by atoms with Crippen molar-refractivity contribution >= 4 is 34.2 Å². The zero-order chi connectivity index (χ0) is 28.4. The van der Waals surface area contributed by atoms with Crippen LogP contribution in [0.3, 0.4) is 0 Å². The number of anilines is 1. The third-order valence-electron chi connectivity index (χ3n) is 8.74. The summed E-state index contributed by atoms with van der Waals surface area (Å²) in [5.41, 5.74) is -0.485. The third-order valence-corrected chi connectivity index (χ3v) is 8.74. The first-order chi connectivity index (χ1) is 19.4. The molecule has 0 aromatic heterocycles. The molecule has 0 radical (unpaired) electrons. The molecule has 0 saturated carbocycles. The first kappa shape index (κ1) is 28.1. The summed E-state index contributed by atoms with van der Waals surface area (Å²) in [6.45, 7) is 9.60. The molecule has 8 heteroatoms. The van der Waals surface area contributed by atoms with Gasteiger partial charge in [0.25, 0.3) is 5.91 Å². The highest BCUT2D eigenvalue weighted by Crippen LogP contribution is 2.59. The number of likely N-dealkylation sites (tertiary alicyclic amines) is 1. The van der Waals surface area contributed by atoms with Crippen LogP contribution in [-0.4, -0.2) is 71.3 Å². The molecule has 6 atom stereocenters. The van der Waals surface area contributed by atoms with Crippen LogP contribution >= 0.6 is 0 Å². The molecule has 2 aromatic carbocycles. The van der Waals surface area contributed by atoms with Gasteiger partial charge in [-0.05, 0) is 55.0 Å². The van der Waals surface area contributed by atoms with E-state index in [1.807, 2.05) is 49.4 Å². The van der Waals surface area contributed by atoms with Gasteiger partial charge in [-0.1, -0.05) is 49.4 Å². The summed E-state index contributed by atoms with van der Waals surface area (Å²) in [5.74, 6) is -2.72. The van der Waals surface area contributed by atoms with E-state index >= 15 is 0 Å². The van der Waals surface area contributed by atoms with Crippen LogP contribution in [0.2, 0.25) is 0 Å². The Hall–Kier alpha value is -3.49. The van der Waals surface area contributed by atoms with Gasteiger partial charge in [-0.3, -0.25) is 14.4 Å². The number of ether oxygens (including phenoxy) is 2. The maximum Gasteiger partial charge on any atom is 0.312 e. The van der Waals surface area contributed by atoms with E-state index < -0.39 is 41.6 Å². The quantitative estimate of drug-likeness (QED) is 0.246. The topological polar surface area (TPSA) is 96.4 Å². The minimum Gasteiger partial charge on any atom is -0.465 e. The number of nitrogens with zero attached hydrogens (tertiary/aromatic N) is 2. The molecule has 3 fully saturated rings. The minimum absolute atomic E-state index is 0.227. The Kier molecular flexibility index (Phi) is 8.10. The minimum atomic E-state index is -1.16. The van der Waals surface area contributed by atoms with Crippen LogP contribution in [0.4, 0.5) is 5.69 Å². The molecule has 40 heavy (non-hydrogen) atoms. The molecule has 212 valence electrons. The fourth-order valence-electron chi connectivity index (χ4n) is 6.89. The maximum atomic E-state index is 14.6. The average Bonchev–Trinajstić information content (AvgIpc) is 3.62. The van der Waals surface area contributed by atoms with Crippen LogP contribution in [0.15, 0.2) is 67.8 Å². The zero-order valence-corrected chi connectivity index (χ0v) is 23.0. The van der Waals surface area contributed by atoms with E-state index in [2.05, 4.69) is 13.2 Å². The van der Waals surface area contributed by atoms with Gasteiger partial charge in [-0.25, -0.2) is 0 Å². The fourth-order valence-corrected chi connectivity index (χ4v) is 6.89. The van der Waals surface area contributed by atoms with Crippen molar-refractivity contribution < 1.29 is 29.0 Å². The summed E-state index contributed by atoms with van der Waals surface area (Å²) in [6, 6.07) is 12.1. The number of hydrogen-bond donors (Lipinski definition) is 1. The van der Waals surface area contributed by atoms with Gasteiger partial charge in [-0.15, -0.1) is 13.2 Å². The predicted molar refractivity (Wildman–Crippen MR) is 153 cm³/mol. The molecule has 3 saturated heterocycles. The predicted octanol–water partition coefficient (Wildman–Crippen LogP) is 4.01. The second kappa shape index (κ2) is 11.6. The van der Waals surface area contributed by atoms with Crippen molar-refractivity contribution in [1.82, 2.24) is 4.90 Å². The van der Waals surface area contributed by atoms with Crippen LogP contribution in [0.1, 0.15) is 39.0 Å². The zero-order valence-electron chi connectivity index (χ0n) is 23.0. The van der Waals surface area contributed by atoms with E-state index in [-0.39, 0.29) is 31.6 Å². The van der Waals surface area contributed by atoms with Crippen LogP contribution in [0.5, 0.6) is 0 Å². The molecule has 2 unspecified atom stereocenters. The van der Waals surface area contributed by atoms with Gasteiger partial charge >= 0.3 is 5.97 Å². The highest BCUT2D eigenvalue weighted by Gasteiger charge is 2.75. The number of allylic oxidation sites excluding steroid dienone is 1. The lowest BCUT2D eigenvalue weighted by Gasteiger charge is -2.39. The summed E-state index contributed by atoms with van der Waals surface area (Å²) < 4.78 is 12.1. The Balaban J connectivity index is 1.53. The Morgan fingerprint density at radius 3 is 2.70 bits per heavy atom. The number of benzene rings is 2. The Morgan fingerprint density at radius 1 is 1.23 bits per heavy atom. The number of aliphatic hydroxyl groups excluding tert-OH is 1. The monoisotopic (exact) mass is 546 g/mol. The van der Waals surface area contributed by atoms with Gasteiger partial charge < -0.3 is 24.4 Å². The lowest BCUT2D eigenvalue weighted by molar-refractivity contribution is -0.155. The lowest BCUT2D eigenvalue weighted by Crippen LogP contribution is -2.59. The molecular weight excluding hydrogens is 508 g/mol. The number of aliphatic hydroxyl groups is 1. The number of amides is 2. The molecule has 2 amide bonds. The molecule has 8 nitrogen and oxygen atoms in total. The number of carbonyl (C=O) groups excluding carboxylic acids is 3. The molecule has 3 heterocycles. The number of unbranched alkanes of at least 4 members (excludes halogenated alkanes) is 1. The summed E-state index contributed by atoms with van der Waals surface area (Å²) >= 11 is 0. The summed E-state index contributed by atoms with van der Waals surface area (Å²) in [7, 11) is 0. The van der Waals surface area contributed by atoms with Gasteiger partial charge in [0.1, 0.15) is 11.6 Å². The summed E-state index contributed by atoms with van der Waals surface area (Å²) in [5, 5.41) is 12.3. The highest BCUT2D eigenvalue weighted by atomic mass is 16.6. The van der Waals surface area contributed by atoms with Gasteiger partial charge in [0.05, 0.1) is 37.2 Å². The number of carbonyl (C=O) groups is 3. The van der Waals surface area contributed by atoms with E-state index in [9.17, 15) is 19.5 Å². The van der Waals surface area contributed by atoms with Crippen molar-refractivity contribution in [3.05, 3.63) is 67.8 Å². The Labute approximate surface area is 235 Å². The molecule has 3 aliphatic rings. The van der Waals surface area contributed by atoms with Crippen LogP contribution in [0, 0.1) is 11.8 Å². The van der Waals surface area contributed by atoms with E-state index in [0.717, 1.165) is 17.2 Å². The molecular formula is C32H38N2O6. The first-order valence-electron chi connectivity index (χ1n) is 14.2. The number of fused-ring (bicyclic) bond motifs is 2. The molecule has 1 N–H and O–H groups in total. The second-order valence-electron chi connectivity index (χ2n) is 10.9. The van der Waals surface area contributed by atoms with E-state index in [4.69, 9.17) is 9.47 Å². The van der Waals surface area contributed by atoms with Crippen LogP contribution in [0.25, 0.3) is 10.8 Å². The van der Waals surface area contributed by atoms with Crippen molar-refractivity contribution in [2.24, 2.45) is 11.8 Å². The average molecular weight is 547 g/mol. The number of hydrogen-bond acceptors (Lipinski definition) is 6. The smallest absolute Gasteiger partial charge is 0.312 e. The van der Waals surface area contributed by atoms with Gasteiger partial charge in [0.15, 0.2) is 0 Å². The number of rotatable bonds is 12. The fraction of sp³-hybridized carbons (Fsp3) is 0.469. The first-order valence-corrected chi connectivity index (χ1v) is 14.2. The van der Waals surface area contributed by atoms with Crippen molar-refractivity contribution in [1.29, 1.82) is 0 Å².